The summed E-state index contributed by atoms with van der Waals surface area (Å²) in [6.07, 6.45) is 1.57. The van der Waals surface area contributed by atoms with Crippen molar-refractivity contribution < 1.29 is 12.8 Å². The van der Waals surface area contributed by atoms with Crippen LogP contribution in [0.4, 0.5) is 4.39 Å². The summed E-state index contributed by atoms with van der Waals surface area (Å²) >= 11 is 0. The van der Waals surface area contributed by atoms with Gasteiger partial charge in [-0.2, -0.15) is 4.31 Å². The normalized spacial score (nSPS) is 15.6. The van der Waals surface area contributed by atoms with Crippen LogP contribution in [0.15, 0.2) is 65.6 Å². The van der Waals surface area contributed by atoms with Crippen LogP contribution in [0, 0.1) is 33.5 Å². The number of benzene rings is 3. The summed E-state index contributed by atoms with van der Waals surface area (Å²) in [5.41, 5.74) is 7.44. The van der Waals surface area contributed by atoms with E-state index in [4.69, 9.17) is 0 Å². The molecule has 1 aromatic heterocycles. The number of para-hydroxylation sites is 1. The molecule has 1 aliphatic heterocycles. The minimum atomic E-state index is -3.54. The quantitative estimate of drug-likeness (QED) is 0.306. The van der Waals surface area contributed by atoms with Gasteiger partial charge in [-0.1, -0.05) is 48.0 Å². The first-order valence-corrected chi connectivity index (χ1v) is 14.0. The topological polar surface area (TPSA) is 42.3 Å². The molecule has 0 spiro atoms. The molecule has 0 aliphatic carbocycles. The van der Waals surface area contributed by atoms with Crippen molar-refractivity contribution in [2.45, 2.75) is 57.9 Å². The van der Waals surface area contributed by atoms with Gasteiger partial charge in [0, 0.05) is 36.2 Å². The van der Waals surface area contributed by atoms with Crippen molar-refractivity contribution in [3.63, 3.8) is 0 Å². The van der Waals surface area contributed by atoms with Gasteiger partial charge < -0.3 is 4.57 Å². The standard InChI is InChI=1S/C30H33FN2O2S/c1-20-17-21(2)30(22(3)18-20)36(34,35)32-15-13-25(14-16-32)29-23(4)33(28-8-6-5-7-27(28)29)19-24-9-11-26(31)12-10-24/h5-12,17-18,25H,13-16,19H2,1-4H3. The summed E-state index contributed by atoms with van der Waals surface area (Å²) in [5, 5.41) is 1.23. The summed E-state index contributed by atoms with van der Waals surface area (Å²) in [6.45, 7) is 9.62. The van der Waals surface area contributed by atoms with Gasteiger partial charge in [0.2, 0.25) is 10.0 Å². The number of nitrogens with zero attached hydrogens (tertiary/aromatic N) is 2. The van der Waals surface area contributed by atoms with Gasteiger partial charge in [-0.3, -0.25) is 0 Å². The molecule has 1 fully saturated rings. The molecule has 3 aromatic carbocycles. The van der Waals surface area contributed by atoms with E-state index in [1.807, 2.05) is 51.1 Å². The summed E-state index contributed by atoms with van der Waals surface area (Å²) in [4.78, 5) is 0.457. The first-order valence-electron chi connectivity index (χ1n) is 12.6. The second kappa shape index (κ2) is 9.49. The number of hydrogen-bond acceptors (Lipinski definition) is 2. The van der Waals surface area contributed by atoms with Gasteiger partial charge in [-0.15, -0.1) is 0 Å². The maximum atomic E-state index is 13.6. The maximum absolute atomic E-state index is 13.6. The largest absolute Gasteiger partial charge is 0.340 e. The lowest BCUT2D eigenvalue weighted by Crippen LogP contribution is -2.38. The Kier molecular flexibility index (Phi) is 6.52. The Balaban J connectivity index is 1.43. The van der Waals surface area contributed by atoms with E-state index in [0.717, 1.165) is 40.6 Å². The van der Waals surface area contributed by atoms with E-state index in [-0.39, 0.29) is 11.7 Å². The fourth-order valence-electron chi connectivity index (χ4n) is 6.04. The highest BCUT2D eigenvalue weighted by Crippen LogP contribution is 2.39. The first-order chi connectivity index (χ1) is 17.2. The van der Waals surface area contributed by atoms with Crippen molar-refractivity contribution in [3.8, 4) is 0 Å². The Morgan fingerprint density at radius 2 is 1.50 bits per heavy atom. The number of rotatable bonds is 5. The molecule has 0 amide bonds. The summed E-state index contributed by atoms with van der Waals surface area (Å²) in [5.74, 6) is 0.0577. The van der Waals surface area contributed by atoms with Crippen molar-refractivity contribution in [1.82, 2.24) is 8.87 Å². The summed E-state index contributed by atoms with van der Waals surface area (Å²) in [6, 6.07) is 19.0. The second-order valence-electron chi connectivity index (χ2n) is 10.1. The fraction of sp³-hybridized carbons (Fsp3) is 0.333. The molecule has 36 heavy (non-hydrogen) atoms. The third-order valence-electron chi connectivity index (χ3n) is 7.60. The number of aromatic nitrogens is 1. The number of hydrogen-bond donors (Lipinski definition) is 0. The van der Waals surface area contributed by atoms with Crippen LogP contribution in [0.3, 0.4) is 0 Å². The number of aryl methyl sites for hydroxylation is 3. The van der Waals surface area contributed by atoms with Gasteiger partial charge in [-0.25, -0.2) is 12.8 Å². The highest BCUT2D eigenvalue weighted by atomic mass is 32.2. The molecule has 5 rings (SSSR count). The van der Waals surface area contributed by atoms with E-state index in [1.54, 1.807) is 4.31 Å². The van der Waals surface area contributed by atoms with Gasteiger partial charge >= 0.3 is 0 Å². The van der Waals surface area contributed by atoms with Gasteiger partial charge in [-0.05, 0) is 86.9 Å². The monoisotopic (exact) mass is 504 g/mol. The SMILES string of the molecule is Cc1cc(C)c(S(=O)(=O)N2CCC(c3c(C)n(Cc4ccc(F)cc4)c4ccccc34)CC2)c(C)c1. The smallest absolute Gasteiger partial charge is 0.243 e. The third-order valence-corrected chi connectivity index (χ3v) is 9.80. The molecule has 4 nitrogen and oxygen atoms in total. The zero-order chi connectivity index (χ0) is 25.6. The average molecular weight is 505 g/mol. The third kappa shape index (κ3) is 4.37. The predicted octanol–water partition coefficient (Wildman–Crippen LogP) is 6.63. The van der Waals surface area contributed by atoms with Crippen LogP contribution in [-0.4, -0.2) is 30.4 Å². The predicted molar refractivity (Wildman–Crippen MR) is 144 cm³/mol. The lowest BCUT2D eigenvalue weighted by Gasteiger charge is -2.32. The molecule has 1 saturated heterocycles. The fourth-order valence-corrected chi connectivity index (χ4v) is 7.92. The van der Waals surface area contributed by atoms with Crippen LogP contribution in [0.1, 0.15) is 52.3 Å². The van der Waals surface area contributed by atoms with Crippen molar-refractivity contribution >= 4 is 20.9 Å². The number of fused-ring (bicyclic) bond motifs is 1. The Hall–Kier alpha value is -2.96. The first kappa shape index (κ1) is 24.7. The van der Waals surface area contributed by atoms with E-state index < -0.39 is 10.0 Å². The van der Waals surface area contributed by atoms with Crippen LogP contribution in [-0.2, 0) is 16.6 Å². The van der Waals surface area contributed by atoms with Crippen LogP contribution in [0.25, 0.3) is 10.9 Å². The van der Waals surface area contributed by atoms with Gasteiger partial charge in [0.15, 0.2) is 0 Å². The highest BCUT2D eigenvalue weighted by molar-refractivity contribution is 7.89. The molecule has 0 atom stereocenters. The average Bonchev–Trinajstić information content (AvgIpc) is 3.11. The zero-order valence-corrected chi connectivity index (χ0v) is 22.2. The molecule has 0 radical (unpaired) electrons. The molecule has 0 saturated carbocycles. The summed E-state index contributed by atoms with van der Waals surface area (Å²) in [7, 11) is -3.54. The van der Waals surface area contributed by atoms with E-state index in [1.165, 1.54) is 28.8 Å². The molecule has 0 unspecified atom stereocenters. The molecule has 0 bridgehead atoms. The number of piperidine rings is 1. The van der Waals surface area contributed by atoms with Crippen LogP contribution < -0.4 is 0 Å². The van der Waals surface area contributed by atoms with Gasteiger partial charge in [0.25, 0.3) is 0 Å². The Bertz CT molecular complexity index is 1510. The molecule has 188 valence electrons. The Morgan fingerprint density at radius 3 is 2.14 bits per heavy atom. The minimum absolute atomic E-state index is 0.230. The molecule has 6 heteroatoms. The van der Waals surface area contributed by atoms with E-state index in [2.05, 4.69) is 29.7 Å². The Labute approximate surface area is 213 Å². The number of sulfonamides is 1. The minimum Gasteiger partial charge on any atom is -0.340 e. The molecule has 1 aliphatic rings. The van der Waals surface area contributed by atoms with Crippen LogP contribution in [0.2, 0.25) is 0 Å². The lowest BCUT2D eigenvalue weighted by molar-refractivity contribution is 0.319. The molecule has 2 heterocycles. The highest BCUT2D eigenvalue weighted by Gasteiger charge is 2.33. The van der Waals surface area contributed by atoms with Gasteiger partial charge in [0.05, 0.1) is 4.90 Å². The van der Waals surface area contributed by atoms with Gasteiger partial charge in [0.1, 0.15) is 5.82 Å². The molecular formula is C30H33FN2O2S. The molecular weight excluding hydrogens is 471 g/mol. The second-order valence-corrected chi connectivity index (χ2v) is 12.0. The molecule has 4 aromatic rings. The van der Waals surface area contributed by atoms with E-state index in [0.29, 0.717) is 24.5 Å². The lowest BCUT2D eigenvalue weighted by atomic mass is 9.88. The van der Waals surface area contributed by atoms with Crippen LogP contribution in [0.5, 0.6) is 0 Å². The van der Waals surface area contributed by atoms with E-state index >= 15 is 0 Å². The van der Waals surface area contributed by atoms with E-state index in [9.17, 15) is 12.8 Å². The summed E-state index contributed by atoms with van der Waals surface area (Å²) < 4.78 is 44.6. The zero-order valence-electron chi connectivity index (χ0n) is 21.4. The number of halogens is 1. The van der Waals surface area contributed by atoms with Crippen LogP contribution >= 0.6 is 0 Å². The van der Waals surface area contributed by atoms with Crippen molar-refractivity contribution in [2.24, 2.45) is 0 Å². The van der Waals surface area contributed by atoms with Crippen molar-refractivity contribution in [2.75, 3.05) is 13.1 Å². The Morgan fingerprint density at radius 1 is 0.889 bits per heavy atom. The molecule has 0 N–H and O–H groups in total. The maximum Gasteiger partial charge on any atom is 0.243 e. The van der Waals surface area contributed by atoms with Crippen molar-refractivity contribution in [1.29, 1.82) is 0 Å². The van der Waals surface area contributed by atoms with Crippen molar-refractivity contribution in [3.05, 3.63) is 100.0 Å².